The van der Waals surface area contributed by atoms with E-state index in [2.05, 4.69) is 0 Å². The van der Waals surface area contributed by atoms with Gasteiger partial charge in [0.05, 0.1) is 18.7 Å². The minimum absolute atomic E-state index is 0.266. The van der Waals surface area contributed by atoms with Crippen molar-refractivity contribution in [3.8, 4) is 0 Å². The number of urea groups is 1. The zero-order valence-corrected chi connectivity index (χ0v) is 13.8. The fourth-order valence-corrected chi connectivity index (χ4v) is 3.60. The summed E-state index contributed by atoms with van der Waals surface area (Å²) in [4.78, 5) is 39.5. The van der Waals surface area contributed by atoms with Crippen LogP contribution < -0.4 is 4.90 Å². The first-order chi connectivity index (χ1) is 10.9. The van der Waals surface area contributed by atoms with E-state index in [9.17, 15) is 14.4 Å². The maximum Gasteiger partial charge on any atom is 0.332 e. The lowest BCUT2D eigenvalue weighted by Gasteiger charge is -2.30. The summed E-state index contributed by atoms with van der Waals surface area (Å²) < 4.78 is 4.74. The molecule has 3 rings (SSSR count). The van der Waals surface area contributed by atoms with Gasteiger partial charge < -0.3 is 9.64 Å². The standard InChI is InChI=1S/C15H14Cl2N2O4/c1-23-14(21)8-2-3-18-12(4-8)13(20)19(15(18)22)11-6-9(16)5-10(17)7-11/h5-8,12H,2-4H2,1H3/t8-,12+/m1/s1. The first-order valence-electron chi connectivity index (χ1n) is 7.11. The number of halogens is 2. The molecule has 23 heavy (non-hydrogen) atoms. The number of amides is 3. The monoisotopic (exact) mass is 356 g/mol. The zero-order valence-electron chi connectivity index (χ0n) is 12.3. The fourth-order valence-electron chi connectivity index (χ4n) is 3.09. The third-order valence-electron chi connectivity index (χ3n) is 4.18. The van der Waals surface area contributed by atoms with Crippen LogP contribution in [0.2, 0.25) is 10.0 Å². The molecule has 2 saturated heterocycles. The van der Waals surface area contributed by atoms with Gasteiger partial charge in [-0.2, -0.15) is 0 Å². The molecule has 2 atom stereocenters. The molecule has 2 heterocycles. The minimum Gasteiger partial charge on any atom is -0.469 e. The first kappa shape index (κ1) is 16.1. The SMILES string of the molecule is COC(=O)[C@@H]1CCN2C(=O)N(c3cc(Cl)cc(Cl)c3)C(=O)[C@@H]2C1. The Balaban J connectivity index is 1.90. The number of rotatable bonds is 2. The lowest BCUT2D eigenvalue weighted by atomic mass is 9.91. The summed E-state index contributed by atoms with van der Waals surface area (Å²) >= 11 is 11.9. The molecule has 0 saturated carbocycles. The van der Waals surface area contributed by atoms with E-state index in [1.54, 1.807) is 0 Å². The Kier molecular flexibility index (Phi) is 4.21. The van der Waals surface area contributed by atoms with E-state index < -0.39 is 12.1 Å². The number of benzene rings is 1. The van der Waals surface area contributed by atoms with Gasteiger partial charge in [-0.3, -0.25) is 9.59 Å². The van der Waals surface area contributed by atoms with Gasteiger partial charge in [0.1, 0.15) is 6.04 Å². The van der Waals surface area contributed by atoms with Crippen molar-refractivity contribution in [1.82, 2.24) is 4.90 Å². The summed E-state index contributed by atoms with van der Waals surface area (Å²) in [6.45, 7) is 0.333. The summed E-state index contributed by atoms with van der Waals surface area (Å²) in [7, 11) is 1.32. The molecule has 2 aliphatic rings. The maximum absolute atomic E-state index is 12.7. The van der Waals surface area contributed by atoms with Crippen molar-refractivity contribution in [1.29, 1.82) is 0 Å². The third-order valence-corrected chi connectivity index (χ3v) is 4.62. The number of esters is 1. The highest BCUT2D eigenvalue weighted by molar-refractivity contribution is 6.35. The van der Waals surface area contributed by atoms with Gasteiger partial charge in [-0.05, 0) is 31.0 Å². The quantitative estimate of drug-likeness (QED) is 0.603. The van der Waals surface area contributed by atoms with Crippen LogP contribution in [0.15, 0.2) is 18.2 Å². The summed E-state index contributed by atoms with van der Waals surface area (Å²) in [5.41, 5.74) is 0.335. The molecule has 8 heteroatoms. The second kappa shape index (κ2) is 6.02. The molecule has 6 nitrogen and oxygen atoms in total. The lowest BCUT2D eigenvalue weighted by molar-refractivity contribution is -0.147. The van der Waals surface area contributed by atoms with Crippen molar-refractivity contribution in [2.24, 2.45) is 5.92 Å². The predicted octanol–water partition coefficient (Wildman–Crippen LogP) is 2.71. The molecule has 0 aromatic heterocycles. The van der Waals surface area contributed by atoms with Gasteiger partial charge in [0, 0.05) is 16.6 Å². The normalized spacial score (nSPS) is 24.0. The third kappa shape index (κ3) is 2.77. The molecule has 0 unspecified atom stereocenters. The van der Waals surface area contributed by atoms with Crippen LogP contribution in [0.4, 0.5) is 10.5 Å². The van der Waals surface area contributed by atoms with E-state index in [-0.39, 0.29) is 24.2 Å². The Morgan fingerprint density at radius 3 is 2.48 bits per heavy atom. The van der Waals surface area contributed by atoms with Crippen molar-refractivity contribution in [3.05, 3.63) is 28.2 Å². The highest BCUT2D eigenvalue weighted by Crippen LogP contribution is 2.35. The number of methoxy groups -OCH3 is 1. The Morgan fingerprint density at radius 1 is 1.22 bits per heavy atom. The Labute approximate surface area is 142 Å². The van der Waals surface area contributed by atoms with E-state index in [0.29, 0.717) is 28.7 Å². The summed E-state index contributed by atoms with van der Waals surface area (Å²) in [5.74, 6) is -1.10. The second-order valence-electron chi connectivity index (χ2n) is 5.54. The van der Waals surface area contributed by atoms with Crippen LogP contribution in [0.1, 0.15) is 12.8 Å². The Morgan fingerprint density at radius 2 is 1.87 bits per heavy atom. The van der Waals surface area contributed by atoms with Crippen molar-refractivity contribution in [2.45, 2.75) is 18.9 Å². The molecule has 1 aromatic rings. The van der Waals surface area contributed by atoms with Crippen molar-refractivity contribution in [2.75, 3.05) is 18.6 Å². The fraction of sp³-hybridized carbons (Fsp3) is 0.400. The number of carbonyl (C=O) groups excluding carboxylic acids is 3. The molecular weight excluding hydrogens is 343 g/mol. The number of carbonyl (C=O) groups is 3. The van der Waals surface area contributed by atoms with Gasteiger partial charge in [-0.15, -0.1) is 0 Å². The number of imide groups is 1. The van der Waals surface area contributed by atoms with Gasteiger partial charge in [-0.1, -0.05) is 23.2 Å². The van der Waals surface area contributed by atoms with Gasteiger partial charge in [0.15, 0.2) is 0 Å². The van der Waals surface area contributed by atoms with E-state index in [4.69, 9.17) is 27.9 Å². The average Bonchev–Trinajstić information content (AvgIpc) is 2.76. The number of ether oxygens (including phenoxy) is 1. The molecule has 0 bridgehead atoms. The lowest BCUT2D eigenvalue weighted by Crippen LogP contribution is -2.44. The molecule has 2 fully saturated rings. The highest BCUT2D eigenvalue weighted by atomic mass is 35.5. The molecular formula is C15H14Cl2N2O4. The molecule has 3 amide bonds. The topological polar surface area (TPSA) is 66.9 Å². The number of nitrogens with zero attached hydrogens (tertiary/aromatic N) is 2. The largest absolute Gasteiger partial charge is 0.469 e. The minimum atomic E-state index is -0.655. The van der Waals surface area contributed by atoms with Crippen molar-refractivity contribution < 1.29 is 19.1 Å². The van der Waals surface area contributed by atoms with Gasteiger partial charge in [-0.25, -0.2) is 9.69 Å². The summed E-state index contributed by atoms with van der Waals surface area (Å²) in [6.07, 6.45) is 0.744. The van der Waals surface area contributed by atoms with Crippen LogP contribution in [0.25, 0.3) is 0 Å². The van der Waals surface area contributed by atoms with Crippen LogP contribution in [-0.4, -0.2) is 42.5 Å². The van der Waals surface area contributed by atoms with Crippen LogP contribution >= 0.6 is 23.2 Å². The molecule has 0 radical (unpaired) electrons. The molecule has 0 spiro atoms. The van der Waals surface area contributed by atoms with Crippen LogP contribution in [0, 0.1) is 5.92 Å². The molecule has 0 N–H and O–H groups in total. The van der Waals surface area contributed by atoms with E-state index in [1.165, 1.54) is 30.2 Å². The molecule has 0 aliphatic carbocycles. The number of hydrogen-bond acceptors (Lipinski definition) is 4. The smallest absolute Gasteiger partial charge is 0.332 e. The average molecular weight is 357 g/mol. The Hall–Kier alpha value is -1.79. The van der Waals surface area contributed by atoms with Gasteiger partial charge in [0.2, 0.25) is 0 Å². The highest BCUT2D eigenvalue weighted by Gasteiger charge is 2.49. The van der Waals surface area contributed by atoms with E-state index in [0.717, 1.165) is 4.90 Å². The molecule has 2 aliphatic heterocycles. The van der Waals surface area contributed by atoms with Crippen molar-refractivity contribution in [3.63, 3.8) is 0 Å². The molecule has 1 aromatic carbocycles. The van der Waals surface area contributed by atoms with E-state index in [1.807, 2.05) is 0 Å². The zero-order chi connectivity index (χ0) is 16.7. The maximum atomic E-state index is 12.7. The molecule has 122 valence electrons. The number of piperidine rings is 1. The summed E-state index contributed by atoms with van der Waals surface area (Å²) in [5, 5.41) is 0.677. The summed E-state index contributed by atoms with van der Waals surface area (Å²) in [6, 6.07) is 3.48. The second-order valence-corrected chi connectivity index (χ2v) is 6.41. The first-order valence-corrected chi connectivity index (χ1v) is 7.86. The van der Waals surface area contributed by atoms with Crippen molar-refractivity contribution >= 4 is 46.8 Å². The number of hydrogen-bond donors (Lipinski definition) is 0. The van der Waals surface area contributed by atoms with E-state index >= 15 is 0 Å². The van der Waals surface area contributed by atoms with Crippen LogP contribution in [0.3, 0.4) is 0 Å². The predicted molar refractivity (Wildman–Crippen MR) is 84.6 cm³/mol. The Bertz CT molecular complexity index is 674. The van der Waals surface area contributed by atoms with Crippen LogP contribution in [-0.2, 0) is 14.3 Å². The number of anilines is 1. The number of fused-ring (bicyclic) bond motifs is 1. The van der Waals surface area contributed by atoms with Crippen LogP contribution in [0.5, 0.6) is 0 Å². The van der Waals surface area contributed by atoms with Gasteiger partial charge >= 0.3 is 12.0 Å². The van der Waals surface area contributed by atoms with Gasteiger partial charge in [0.25, 0.3) is 5.91 Å².